The SMILES string of the molecule is COc1cccc(C(=O)Nc2ccc(=S)[nH]c2)c1. The van der Waals surface area contributed by atoms with Crippen LogP contribution in [0.3, 0.4) is 0 Å². The first-order valence-corrected chi connectivity index (χ1v) is 5.74. The lowest BCUT2D eigenvalue weighted by Crippen LogP contribution is -2.11. The zero-order chi connectivity index (χ0) is 13.0. The molecule has 2 aromatic rings. The summed E-state index contributed by atoms with van der Waals surface area (Å²) in [5.41, 5.74) is 1.20. The first kappa shape index (κ1) is 12.3. The number of nitrogens with one attached hydrogen (secondary N) is 2. The van der Waals surface area contributed by atoms with Crippen LogP contribution in [0.1, 0.15) is 10.4 Å². The van der Waals surface area contributed by atoms with E-state index in [1.807, 2.05) is 0 Å². The maximum absolute atomic E-state index is 12.0. The van der Waals surface area contributed by atoms with Gasteiger partial charge in [0.05, 0.1) is 12.8 Å². The number of hydrogen-bond donors (Lipinski definition) is 2. The number of carbonyl (C=O) groups excluding carboxylic acids is 1. The van der Waals surface area contributed by atoms with E-state index in [0.29, 0.717) is 21.6 Å². The molecule has 1 aromatic heterocycles. The van der Waals surface area contributed by atoms with Crippen LogP contribution in [0.15, 0.2) is 42.6 Å². The number of aromatic nitrogens is 1. The van der Waals surface area contributed by atoms with E-state index in [-0.39, 0.29) is 5.91 Å². The normalized spacial score (nSPS) is 9.83. The standard InChI is InChI=1S/C13H12N2O2S/c1-17-11-4-2-3-9(7-11)13(16)15-10-5-6-12(18)14-8-10/h2-8H,1H3,(H,14,18)(H,15,16). The number of methoxy groups -OCH3 is 1. The minimum absolute atomic E-state index is 0.195. The predicted molar refractivity (Wildman–Crippen MR) is 72.6 cm³/mol. The van der Waals surface area contributed by atoms with Gasteiger partial charge in [-0.05, 0) is 30.3 Å². The average Bonchev–Trinajstić information content (AvgIpc) is 2.41. The van der Waals surface area contributed by atoms with Crippen LogP contribution in [-0.4, -0.2) is 18.0 Å². The van der Waals surface area contributed by atoms with Gasteiger partial charge in [0.2, 0.25) is 0 Å². The molecule has 0 fully saturated rings. The molecule has 2 N–H and O–H groups in total. The molecule has 0 aliphatic carbocycles. The topological polar surface area (TPSA) is 54.1 Å². The molecule has 2 rings (SSSR count). The summed E-state index contributed by atoms with van der Waals surface area (Å²) >= 11 is 4.93. The van der Waals surface area contributed by atoms with Crippen LogP contribution in [0, 0.1) is 4.64 Å². The smallest absolute Gasteiger partial charge is 0.255 e. The quantitative estimate of drug-likeness (QED) is 0.834. The Morgan fingerprint density at radius 1 is 1.33 bits per heavy atom. The van der Waals surface area contributed by atoms with Crippen molar-refractivity contribution in [1.29, 1.82) is 0 Å². The van der Waals surface area contributed by atoms with Gasteiger partial charge in [-0.2, -0.15) is 0 Å². The molecule has 0 radical (unpaired) electrons. The molecule has 1 aromatic carbocycles. The summed E-state index contributed by atoms with van der Waals surface area (Å²) in [6, 6.07) is 10.4. The molecule has 0 aliphatic heterocycles. The lowest BCUT2D eigenvalue weighted by Gasteiger charge is -2.06. The summed E-state index contributed by atoms with van der Waals surface area (Å²) < 4.78 is 5.69. The summed E-state index contributed by atoms with van der Waals surface area (Å²) in [4.78, 5) is 14.8. The molecule has 92 valence electrons. The van der Waals surface area contributed by atoms with Gasteiger partial charge in [-0.1, -0.05) is 18.3 Å². The highest BCUT2D eigenvalue weighted by Gasteiger charge is 2.06. The lowest BCUT2D eigenvalue weighted by atomic mass is 10.2. The molecular formula is C13H12N2O2S. The second kappa shape index (κ2) is 5.46. The van der Waals surface area contributed by atoms with Crippen LogP contribution < -0.4 is 10.1 Å². The third kappa shape index (κ3) is 2.95. The van der Waals surface area contributed by atoms with Crippen molar-refractivity contribution < 1.29 is 9.53 Å². The molecule has 0 atom stereocenters. The number of hydrogen-bond acceptors (Lipinski definition) is 3. The van der Waals surface area contributed by atoms with E-state index >= 15 is 0 Å². The predicted octanol–water partition coefficient (Wildman–Crippen LogP) is 3.01. The van der Waals surface area contributed by atoms with Crippen molar-refractivity contribution in [3.05, 3.63) is 52.8 Å². The van der Waals surface area contributed by atoms with Crippen LogP contribution in [0.25, 0.3) is 0 Å². The van der Waals surface area contributed by atoms with E-state index in [0.717, 1.165) is 0 Å². The summed E-state index contributed by atoms with van der Waals surface area (Å²) in [6.07, 6.45) is 1.65. The van der Waals surface area contributed by atoms with Crippen LogP contribution >= 0.6 is 12.2 Å². The van der Waals surface area contributed by atoms with Crippen LogP contribution in [-0.2, 0) is 0 Å². The van der Waals surface area contributed by atoms with Gasteiger partial charge in [-0.3, -0.25) is 4.79 Å². The van der Waals surface area contributed by atoms with Gasteiger partial charge >= 0.3 is 0 Å². The second-order valence-electron chi connectivity index (χ2n) is 3.63. The van der Waals surface area contributed by atoms with Crippen molar-refractivity contribution >= 4 is 23.8 Å². The molecule has 1 amide bonds. The molecule has 0 aliphatic rings. The van der Waals surface area contributed by atoms with Crippen LogP contribution in [0.2, 0.25) is 0 Å². The Labute approximate surface area is 110 Å². The van der Waals surface area contributed by atoms with Gasteiger partial charge < -0.3 is 15.0 Å². The van der Waals surface area contributed by atoms with E-state index in [2.05, 4.69) is 10.3 Å². The number of ether oxygens (including phenoxy) is 1. The number of rotatable bonds is 3. The fourth-order valence-electron chi connectivity index (χ4n) is 1.46. The van der Waals surface area contributed by atoms with Gasteiger partial charge in [0, 0.05) is 11.8 Å². The molecule has 0 spiro atoms. The fourth-order valence-corrected chi connectivity index (χ4v) is 1.58. The van der Waals surface area contributed by atoms with Gasteiger partial charge in [-0.15, -0.1) is 0 Å². The summed E-state index contributed by atoms with van der Waals surface area (Å²) in [7, 11) is 1.56. The second-order valence-corrected chi connectivity index (χ2v) is 4.07. The number of pyridine rings is 1. The third-order valence-corrected chi connectivity index (χ3v) is 2.63. The minimum Gasteiger partial charge on any atom is -0.497 e. The van der Waals surface area contributed by atoms with E-state index in [1.54, 1.807) is 49.7 Å². The number of benzene rings is 1. The Kier molecular flexibility index (Phi) is 3.74. The van der Waals surface area contributed by atoms with Crippen molar-refractivity contribution in [3.8, 4) is 5.75 Å². The highest BCUT2D eigenvalue weighted by Crippen LogP contribution is 2.14. The Hall–Kier alpha value is -2.14. The van der Waals surface area contributed by atoms with Crippen LogP contribution in [0.5, 0.6) is 5.75 Å². The molecular weight excluding hydrogens is 248 g/mol. The molecule has 0 unspecified atom stereocenters. The summed E-state index contributed by atoms with van der Waals surface area (Å²) in [6.45, 7) is 0. The monoisotopic (exact) mass is 260 g/mol. The fraction of sp³-hybridized carbons (Fsp3) is 0.0769. The number of anilines is 1. The number of aromatic amines is 1. The maximum atomic E-state index is 12.0. The Morgan fingerprint density at radius 3 is 2.83 bits per heavy atom. The average molecular weight is 260 g/mol. The largest absolute Gasteiger partial charge is 0.497 e. The molecule has 5 heteroatoms. The number of amides is 1. The third-order valence-electron chi connectivity index (χ3n) is 2.37. The van der Waals surface area contributed by atoms with E-state index in [9.17, 15) is 4.79 Å². The van der Waals surface area contributed by atoms with Crippen LogP contribution in [0.4, 0.5) is 5.69 Å². The summed E-state index contributed by atoms with van der Waals surface area (Å²) in [5.74, 6) is 0.453. The lowest BCUT2D eigenvalue weighted by molar-refractivity contribution is 0.102. The zero-order valence-corrected chi connectivity index (χ0v) is 10.6. The maximum Gasteiger partial charge on any atom is 0.255 e. The van der Waals surface area contributed by atoms with Crippen molar-refractivity contribution in [2.24, 2.45) is 0 Å². The summed E-state index contributed by atoms with van der Waals surface area (Å²) in [5, 5.41) is 2.76. The van der Waals surface area contributed by atoms with E-state index in [4.69, 9.17) is 17.0 Å². The van der Waals surface area contributed by atoms with Crippen molar-refractivity contribution in [2.75, 3.05) is 12.4 Å². The van der Waals surface area contributed by atoms with E-state index < -0.39 is 0 Å². The molecule has 18 heavy (non-hydrogen) atoms. The molecule has 4 nitrogen and oxygen atoms in total. The van der Waals surface area contributed by atoms with Gasteiger partial charge in [0.1, 0.15) is 10.4 Å². The first-order chi connectivity index (χ1) is 8.69. The highest BCUT2D eigenvalue weighted by molar-refractivity contribution is 7.71. The Bertz CT molecular complexity index is 602. The van der Waals surface area contributed by atoms with Crippen molar-refractivity contribution in [2.45, 2.75) is 0 Å². The Morgan fingerprint density at radius 2 is 2.17 bits per heavy atom. The molecule has 0 bridgehead atoms. The highest BCUT2D eigenvalue weighted by atomic mass is 32.1. The van der Waals surface area contributed by atoms with Crippen molar-refractivity contribution in [1.82, 2.24) is 4.98 Å². The molecule has 0 saturated carbocycles. The Balaban J connectivity index is 2.16. The van der Waals surface area contributed by atoms with Crippen molar-refractivity contribution in [3.63, 3.8) is 0 Å². The number of carbonyl (C=O) groups is 1. The molecule has 0 saturated heterocycles. The van der Waals surface area contributed by atoms with Gasteiger partial charge in [0.15, 0.2) is 0 Å². The molecule has 1 heterocycles. The van der Waals surface area contributed by atoms with E-state index in [1.165, 1.54) is 0 Å². The zero-order valence-electron chi connectivity index (χ0n) is 9.77. The minimum atomic E-state index is -0.195. The first-order valence-electron chi connectivity index (χ1n) is 5.33. The van der Waals surface area contributed by atoms with Gasteiger partial charge in [0.25, 0.3) is 5.91 Å². The van der Waals surface area contributed by atoms with Gasteiger partial charge in [-0.25, -0.2) is 0 Å². The number of H-pyrrole nitrogens is 1.